The van der Waals surface area contributed by atoms with Crippen LogP contribution in [0.2, 0.25) is 0 Å². The number of hydrogen-bond acceptors (Lipinski definition) is 4. The Morgan fingerprint density at radius 2 is 1.85 bits per heavy atom. The van der Waals surface area contributed by atoms with Crippen molar-refractivity contribution in [2.75, 3.05) is 18.5 Å². The van der Waals surface area contributed by atoms with Crippen molar-refractivity contribution in [2.45, 2.75) is 59.1 Å². The van der Waals surface area contributed by atoms with E-state index in [9.17, 15) is 9.59 Å². The summed E-state index contributed by atoms with van der Waals surface area (Å²) in [7, 11) is 0. The van der Waals surface area contributed by atoms with Gasteiger partial charge in [0.25, 0.3) is 0 Å². The molecule has 0 radical (unpaired) electrons. The molecule has 0 unspecified atom stereocenters. The van der Waals surface area contributed by atoms with Crippen LogP contribution < -0.4 is 0 Å². The second-order valence-corrected chi connectivity index (χ2v) is 6.21. The Morgan fingerprint density at radius 3 is 2.25 bits per heavy atom. The number of alkyl halides is 1. The first-order valence-electron chi connectivity index (χ1n) is 6.99. The van der Waals surface area contributed by atoms with Gasteiger partial charge in [0.1, 0.15) is 11.6 Å². The van der Waals surface area contributed by atoms with Crippen LogP contribution in [0.5, 0.6) is 0 Å². The van der Waals surface area contributed by atoms with Crippen molar-refractivity contribution in [3.63, 3.8) is 0 Å². The van der Waals surface area contributed by atoms with E-state index in [0.717, 1.165) is 6.42 Å². The van der Waals surface area contributed by atoms with Crippen LogP contribution in [0, 0.1) is 0 Å². The average Bonchev–Trinajstić information content (AvgIpc) is 2.31. The number of nitrogens with zero attached hydrogens (tertiary/aromatic N) is 1. The van der Waals surface area contributed by atoms with E-state index in [4.69, 9.17) is 9.47 Å². The van der Waals surface area contributed by atoms with E-state index in [-0.39, 0.29) is 5.97 Å². The number of carbonyl (C=O) groups excluding carboxylic acids is 2. The summed E-state index contributed by atoms with van der Waals surface area (Å²) in [6, 6.07) is -0.590. The molecular formula is C14H26BrNO4. The molecule has 118 valence electrons. The van der Waals surface area contributed by atoms with Crippen molar-refractivity contribution in [1.82, 2.24) is 4.90 Å². The van der Waals surface area contributed by atoms with Crippen LogP contribution in [0.3, 0.4) is 0 Å². The minimum atomic E-state index is -0.590. The third kappa shape index (κ3) is 7.12. The van der Waals surface area contributed by atoms with Crippen molar-refractivity contribution in [3.05, 3.63) is 0 Å². The molecule has 0 aliphatic rings. The maximum atomic E-state index is 12.2. The van der Waals surface area contributed by atoms with Gasteiger partial charge in [0.15, 0.2) is 0 Å². The Labute approximate surface area is 130 Å². The van der Waals surface area contributed by atoms with Crippen LogP contribution in [0.1, 0.15) is 47.5 Å². The topological polar surface area (TPSA) is 55.8 Å². The Morgan fingerprint density at radius 1 is 1.25 bits per heavy atom. The first-order chi connectivity index (χ1) is 9.26. The zero-order valence-electron chi connectivity index (χ0n) is 13.1. The molecule has 0 fully saturated rings. The molecule has 0 heterocycles. The van der Waals surface area contributed by atoms with Gasteiger partial charge in [-0.1, -0.05) is 29.3 Å². The number of hydrogen-bond donors (Lipinski definition) is 0. The van der Waals surface area contributed by atoms with E-state index in [2.05, 4.69) is 15.9 Å². The predicted molar refractivity (Wildman–Crippen MR) is 82.1 cm³/mol. The highest BCUT2D eigenvalue weighted by Crippen LogP contribution is 2.16. The number of amides is 1. The van der Waals surface area contributed by atoms with Crippen LogP contribution in [-0.4, -0.2) is 47.1 Å². The molecule has 0 bridgehead atoms. The first kappa shape index (κ1) is 19.2. The van der Waals surface area contributed by atoms with Gasteiger partial charge in [0.05, 0.1) is 6.61 Å². The summed E-state index contributed by atoms with van der Waals surface area (Å²) in [4.78, 5) is 25.7. The van der Waals surface area contributed by atoms with E-state index in [0.29, 0.717) is 24.9 Å². The SMILES string of the molecule is CCC[C@@H](C(=O)OCC)N(CCBr)C(=O)OC(C)(C)C. The van der Waals surface area contributed by atoms with Crippen molar-refractivity contribution in [3.8, 4) is 0 Å². The summed E-state index contributed by atoms with van der Waals surface area (Å²) in [6.07, 6.45) is 0.860. The molecule has 0 saturated carbocycles. The van der Waals surface area contributed by atoms with Crippen molar-refractivity contribution >= 4 is 28.0 Å². The summed E-state index contributed by atoms with van der Waals surface area (Å²) in [6.45, 7) is 9.83. The predicted octanol–water partition coefficient (Wildman–Crippen LogP) is 3.35. The van der Waals surface area contributed by atoms with Gasteiger partial charge in [-0.05, 0) is 34.1 Å². The monoisotopic (exact) mass is 351 g/mol. The standard InChI is InChI=1S/C14H26BrNO4/c1-6-8-11(12(17)19-7-2)16(10-9-15)13(18)20-14(3,4)5/h11H,6-10H2,1-5H3/t11-/m0/s1. The third-order valence-electron chi connectivity index (χ3n) is 2.45. The Balaban J connectivity index is 5.05. The van der Waals surface area contributed by atoms with Gasteiger partial charge in [0, 0.05) is 11.9 Å². The summed E-state index contributed by atoms with van der Waals surface area (Å²) < 4.78 is 10.4. The highest BCUT2D eigenvalue weighted by molar-refractivity contribution is 9.09. The van der Waals surface area contributed by atoms with Crippen molar-refractivity contribution in [1.29, 1.82) is 0 Å². The number of rotatable bonds is 7. The van der Waals surface area contributed by atoms with Gasteiger partial charge in [0.2, 0.25) is 0 Å². The average molecular weight is 352 g/mol. The minimum absolute atomic E-state index is 0.301. The van der Waals surface area contributed by atoms with E-state index in [1.807, 2.05) is 6.92 Å². The van der Waals surface area contributed by atoms with Gasteiger partial charge in [-0.2, -0.15) is 0 Å². The molecule has 0 aromatic rings. The fraction of sp³-hybridized carbons (Fsp3) is 0.857. The normalized spacial score (nSPS) is 12.7. The van der Waals surface area contributed by atoms with Crippen LogP contribution >= 0.6 is 15.9 Å². The second kappa shape index (κ2) is 9.21. The number of halogens is 1. The maximum Gasteiger partial charge on any atom is 0.411 e. The maximum absolute atomic E-state index is 12.2. The molecule has 0 aromatic carbocycles. The molecule has 0 spiro atoms. The number of carbonyl (C=O) groups is 2. The van der Waals surface area contributed by atoms with Gasteiger partial charge in [-0.25, -0.2) is 9.59 Å². The summed E-state index contributed by atoms with van der Waals surface area (Å²) in [5, 5.41) is 0.575. The van der Waals surface area contributed by atoms with Gasteiger partial charge in [-0.15, -0.1) is 0 Å². The minimum Gasteiger partial charge on any atom is -0.464 e. The molecular weight excluding hydrogens is 326 g/mol. The lowest BCUT2D eigenvalue weighted by atomic mass is 10.1. The molecule has 5 nitrogen and oxygen atoms in total. The summed E-state index contributed by atoms with van der Waals surface area (Å²) in [5.74, 6) is -0.374. The highest BCUT2D eigenvalue weighted by Gasteiger charge is 2.32. The molecule has 0 aliphatic heterocycles. The smallest absolute Gasteiger partial charge is 0.411 e. The quantitative estimate of drug-likeness (QED) is 0.521. The number of ether oxygens (including phenoxy) is 2. The molecule has 0 aromatic heterocycles. The lowest BCUT2D eigenvalue weighted by molar-refractivity contribution is -0.149. The Bertz CT molecular complexity index is 315. The molecule has 6 heteroatoms. The molecule has 1 atom stereocenters. The first-order valence-corrected chi connectivity index (χ1v) is 8.11. The lowest BCUT2D eigenvalue weighted by Crippen LogP contribution is -2.48. The molecule has 1 amide bonds. The zero-order chi connectivity index (χ0) is 15.8. The Hall–Kier alpha value is -0.780. The zero-order valence-corrected chi connectivity index (χ0v) is 14.7. The molecule has 0 saturated heterocycles. The van der Waals surface area contributed by atoms with Crippen LogP contribution in [0.25, 0.3) is 0 Å². The van der Waals surface area contributed by atoms with E-state index in [1.165, 1.54) is 4.90 Å². The third-order valence-corrected chi connectivity index (χ3v) is 2.81. The molecule has 20 heavy (non-hydrogen) atoms. The summed E-state index contributed by atoms with van der Waals surface area (Å²) >= 11 is 3.30. The van der Waals surface area contributed by atoms with Crippen LogP contribution in [-0.2, 0) is 14.3 Å². The molecule has 0 N–H and O–H groups in total. The van der Waals surface area contributed by atoms with E-state index >= 15 is 0 Å². The van der Waals surface area contributed by atoms with Crippen molar-refractivity contribution < 1.29 is 19.1 Å². The van der Waals surface area contributed by atoms with Gasteiger partial charge >= 0.3 is 12.1 Å². The highest BCUT2D eigenvalue weighted by atomic mass is 79.9. The van der Waals surface area contributed by atoms with E-state index in [1.54, 1.807) is 27.7 Å². The molecule has 0 rings (SSSR count). The van der Waals surface area contributed by atoms with E-state index < -0.39 is 17.7 Å². The fourth-order valence-corrected chi connectivity index (χ4v) is 2.08. The van der Waals surface area contributed by atoms with Crippen LogP contribution in [0.4, 0.5) is 4.79 Å². The van der Waals surface area contributed by atoms with Gasteiger partial charge in [-0.3, -0.25) is 4.90 Å². The largest absolute Gasteiger partial charge is 0.464 e. The summed E-state index contributed by atoms with van der Waals surface area (Å²) in [5.41, 5.74) is -0.590. The molecule has 0 aliphatic carbocycles. The van der Waals surface area contributed by atoms with Crippen molar-refractivity contribution in [2.24, 2.45) is 0 Å². The Kier molecular flexibility index (Phi) is 8.85. The van der Waals surface area contributed by atoms with Crippen LogP contribution in [0.15, 0.2) is 0 Å². The lowest BCUT2D eigenvalue weighted by Gasteiger charge is -2.31. The second-order valence-electron chi connectivity index (χ2n) is 5.42. The number of esters is 1. The fourth-order valence-electron chi connectivity index (χ4n) is 1.70. The van der Waals surface area contributed by atoms with Gasteiger partial charge < -0.3 is 9.47 Å².